The van der Waals surface area contributed by atoms with Crippen molar-refractivity contribution >= 4 is 52.7 Å². The molecule has 0 aromatic heterocycles. The van der Waals surface area contributed by atoms with Gasteiger partial charge in [0.1, 0.15) is 12.7 Å². The minimum atomic E-state index is -2.22. The molecule has 0 aromatic carbocycles. The molecule has 2 aliphatic carbocycles. The Labute approximate surface area is 153 Å². The number of alkyl halides is 3. The Bertz CT molecular complexity index is 597. The second-order valence-corrected chi connectivity index (χ2v) is 8.62. The van der Waals surface area contributed by atoms with Crippen LogP contribution in [-0.2, 0) is 28.6 Å². The number of carbonyl (C=O) groups is 3. The van der Waals surface area contributed by atoms with Gasteiger partial charge in [0.05, 0.1) is 18.1 Å². The van der Waals surface area contributed by atoms with E-state index in [2.05, 4.69) is 11.3 Å². The lowest BCUT2D eigenvalue weighted by molar-refractivity contribution is -0.148. The van der Waals surface area contributed by atoms with Gasteiger partial charge in [0.25, 0.3) is 3.79 Å². The maximum absolute atomic E-state index is 11.9. The van der Waals surface area contributed by atoms with Crippen molar-refractivity contribution in [2.24, 2.45) is 23.7 Å². The van der Waals surface area contributed by atoms with Crippen LogP contribution in [0, 0.1) is 23.7 Å². The highest BCUT2D eigenvalue weighted by molar-refractivity contribution is 6.75. The van der Waals surface area contributed by atoms with Crippen LogP contribution in [0.4, 0.5) is 0 Å². The van der Waals surface area contributed by atoms with Crippen LogP contribution in [-0.4, -0.2) is 41.0 Å². The molecule has 2 saturated carbocycles. The number of halogens is 3. The Kier molecular flexibility index (Phi) is 4.75. The normalized spacial score (nSPS) is 33.3. The highest BCUT2D eigenvalue weighted by Crippen LogP contribution is 2.57. The van der Waals surface area contributed by atoms with Crippen LogP contribution in [0.3, 0.4) is 0 Å². The standard InChI is InChI=1S/C15H15Cl3O6/c1-6(4-23-14(21)15(16,17)18)12(19)22-5-9-7-2-8-10(3-7)24-13(20)11(8)9/h7-11H,1-5H2. The third-order valence-electron chi connectivity index (χ3n) is 4.96. The fraction of sp³-hybridized carbons (Fsp3) is 0.667. The number of fused-ring (bicyclic) bond motifs is 1. The van der Waals surface area contributed by atoms with Gasteiger partial charge in [-0.2, -0.15) is 0 Å². The van der Waals surface area contributed by atoms with Crippen molar-refractivity contribution in [2.45, 2.75) is 22.7 Å². The lowest BCUT2D eigenvalue weighted by Gasteiger charge is -2.24. The average molecular weight is 398 g/mol. The van der Waals surface area contributed by atoms with Crippen molar-refractivity contribution in [1.29, 1.82) is 0 Å². The molecule has 0 amide bonds. The van der Waals surface area contributed by atoms with Crippen molar-refractivity contribution in [2.75, 3.05) is 13.2 Å². The summed E-state index contributed by atoms with van der Waals surface area (Å²) in [5, 5.41) is 0. The molecule has 3 aliphatic rings. The quantitative estimate of drug-likeness (QED) is 0.306. The molecule has 9 heteroatoms. The van der Waals surface area contributed by atoms with Gasteiger partial charge >= 0.3 is 17.9 Å². The van der Waals surface area contributed by atoms with Crippen molar-refractivity contribution in [3.8, 4) is 0 Å². The third-order valence-corrected chi connectivity index (χ3v) is 5.42. The van der Waals surface area contributed by atoms with Gasteiger partial charge in [-0.25, -0.2) is 9.59 Å². The Morgan fingerprint density at radius 1 is 1.25 bits per heavy atom. The zero-order valence-corrected chi connectivity index (χ0v) is 14.8. The third kappa shape index (κ3) is 3.24. The fourth-order valence-corrected chi connectivity index (χ4v) is 4.09. The maximum atomic E-state index is 11.9. The van der Waals surface area contributed by atoms with E-state index < -0.39 is 22.3 Å². The van der Waals surface area contributed by atoms with Gasteiger partial charge in [-0.05, 0) is 18.8 Å². The van der Waals surface area contributed by atoms with Crippen molar-refractivity contribution in [3.63, 3.8) is 0 Å². The van der Waals surface area contributed by atoms with E-state index in [0.29, 0.717) is 5.92 Å². The van der Waals surface area contributed by atoms with E-state index in [1.165, 1.54) is 0 Å². The van der Waals surface area contributed by atoms with Gasteiger partial charge in [0, 0.05) is 11.8 Å². The van der Waals surface area contributed by atoms with Crippen molar-refractivity contribution in [3.05, 3.63) is 12.2 Å². The summed E-state index contributed by atoms with van der Waals surface area (Å²) in [5.74, 6) is -1.63. The molecule has 6 nitrogen and oxygen atoms in total. The molecule has 5 unspecified atom stereocenters. The number of carbonyl (C=O) groups excluding carboxylic acids is 3. The molecule has 2 bridgehead atoms. The maximum Gasteiger partial charge on any atom is 0.358 e. The van der Waals surface area contributed by atoms with E-state index in [1.807, 2.05) is 0 Å². The van der Waals surface area contributed by atoms with E-state index in [9.17, 15) is 14.4 Å². The lowest BCUT2D eigenvalue weighted by atomic mass is 9.80. The molecule has 0 aromatic rings. The average Bonchev–Trinajstić information content (AvgIpc) is 3.10. The van der Waals surface area contributed by atoms with Crippen LogP contribution in [0.25, 0.3) is 0 Å². The molecule has 1 heterocycles. The summed E-state index contributed by atoms with van der Waals surface area (Å²) < 4.78 is 13.0. The number of ether oxygens (including phenoxy) is 3. The molecule has 132 valence electrons. The summed E-state index contributed by atoms with van der Waals surface area (Å²) in [4.78, 5) is 35.1. The van der Waals surface area contributed by atoms with E-state index in [0.717, 1.165) is 12.8 Å². The molecule has 1 aliphatic heterocycles. The van der Waals surface area contributed by atoms with Crippen LogP contribution in [0.15, 0.2) is 12.2 Å². The largest absolute Gasteiger partial charge is 0.462 e. The molecule has 5 atom stereocenters. The highest BCUT2D eigenvalue weighted by atomic mass is 35.6. The van der Waals surface area contributed by atoms with E-state index in [4.69, 9.17) is 44.3 Å². The minimum Gasteiger partial charge on any atom is -0.462 e. The Balaban J connectivity index is 1.47. The molecule has 0 N–H and O–H groups in total. The van der Waals surface area contributed by atoms with Crippen molar-refractivity contribution < 1.29 is 28.6 Å². The zero-order valence-electron chi connectivity index (χ0n) is 12.5. The van der Waals surface area contributed by atoms with E-state index >= 15 is 0 Å². The topological polar surface area (TPSA) is 78.9 Å². The van der Waals surface area contributed by atoms with Gasteiger partial charge in [-0.15, -0.1) is 0 Å². The Morgan fingerprint density at radius 3 is 2.62 bits per heavy atom. The molecule has 3 rings (SSSR count). The van der Waals surface area contributed by atoms with E-state index in [1.54, 1.807) is 0 Å². The minimum absolute atomic E-state index is 0.0262. The predicted octanol–water partition coefficient (Wildman–Crippen LogP) is 2.20. The number of esters is 3. The van der Waals surface area contributed by atoms with E-state index in [-0.39, 0.29) is 42.0 Å². The first-order valence-electron chi connectivity index (χ1n) is 7.48. The smallest absolute Gasteiger partial charge is 0.358 e. The van der Waals surface area contributed by atoms with Crippen LogP contribution < -0.4 is 0 Å². The fourth-order valence-electron chi connectivity index (χ4n) is 3.93. The molecule has 0 spiro atoms. The van der Waals surface area contributed by atoms with Crippen LogP contribution in [0.5, 0.6) is 0 Å². The molecule has 24 heavy (non-hydrogen) atoms. The van der Waals surface area contributed by atoms with Crippen molar-refractivity contribution in [1.82, 2.24) is 0 Å². The molecule has 1 saturated heterocycles. The summed E-state index contributed by atoms with van der Waals surface area (Å²) in [6.45, 7) is 3.17. The lowest BCUT2D eigenvalue weighted by Crippen LogP contribution is -2.31. The number of hydrogen-bond acceptors (Lipinski definition) is 6. The predicted molar refractivity (Wildman–Crippen MR) is 84.4 cm³/mol. The molecular formula is C15H15Cl3O6. The Hall–Kier alpha value is -0.980. The Morgan fingerprint density at radius 2 is 1.96 bits per heavy atom. The number of rotatable bonds is 5. The first-order valence-corrected chi connectivity index (χ1v) is 8.61. The summed E-state index contributed by atoms with van der Waals surface area (Å²) in [6, 6.07) is 0. The molecule has 0 radical (unpaired) electrons. The highest BCUT2D eigenvalue weighted by Gasteiger charge is 2.62. The van der Waals surface area contributed by atoms with Crippen LogP contribution in [0.1, 0.15) is 12.8 Å². The summed E-state index contributed by atoms with van der Waals surface area (Å²) >= 11 is 16.0. The van der Waals surface area contributed by atoms with Gasteiger partial charge in [0.15, 0.2) is 0 Å². The summed E-state index contributed by atoms with van der Waals surface area (Å²) in [6.07, 6.45) is 1.80. The van der Waals surface area contributed by atoms with Gasteiger partial charge < -0.3 is 14.2 Å². The number of hydrogen-bond donors (Lipinski definition) is 0. The second-order valence-electron chi connectivity index (χ2n) is 6.34. The second kappa shape index (κ2) is 6.39. The summed E-state index contributed by atoms with van der Waals surface area (Å²) in [7, 11) is 0. The van der Waals surface area contributed by atoms with Gasteiger partial charge in [0.2, 0.25) is 0 Å². The van der Waals surface area contributed by atoms with Crippen LogP contribution >= 0.6 is 34.8 Å². The first kappa shape index (κ1) is 17.8. The van der Waals surface area contributed by atoms with Gasteiger partial charge in [-0.3, -0.25) is 4.79 Å². The SMILES string of the molecule is C=C(COC(=O)C(Cl)(Cl)Cl)C(=O)OCC1C2CC3OC(=O)C1C3C2. The zero-order chi connectivity index (χ0) is 17.6. The first-order chi connectivity index (χ1) is 11.2. The van der Waals surface area contributed by atoms with Gasteiger partial charge in [-0.1, -0.05) is 41.4 Å². The van der Waals surface area contributed by atoms with Crippen LogP contribution in [0.2, 0.25) is 0 Å². The molecule has 3 fully saturated rings. The summed E-state index contributed by atoms with van der Waals surface area (Å²) in [5.41, 5.74) is -0.0763. The monoisotopic (exact) mass is 396 g/mol. The molecular weight excluding hydrogens is 383 g/mol.